The molecule has 0 radical (unpaired) electrons. The van der Waals surface area contributed by atoms with Crippen LogP contribution in [0.4, 0.5) is 11.4 Å². The molecule has 2 aliphatic heterocycles. The molecule has 2 heterocycles. The first kappa shape index (κ1) is 12.5. The summed E-state index contributed by atoms with van der Waals surface area (Å²) in [7, 11) is -3.03. The van der Waals surface area contributed by atoms with Gasteiger partial charge in [0.15, 0.2) is 9.84 Å². The summed E-state index contributed by atoms with van der Waals surface area (Å²) in [6.07, 6.45) is 0.229. The number of fused-ring (bicyclic) bond motifs is 3. The molecule has 0 saturated carbocycles. The third-order valence-corrected chi connectivity index (χ3v) is 5.39. The third kappa shape index (κ3) is 2.32. The van der Waals surface area contributed by atoms with Crippen molar-refractivity contribution in [3.05, 3.63) is 23.8 Å². The van der Waals surface area contributed by atoms with E-state index in [9.17, 15) is 13.2 Å². The van der Waals surface area contributed by atoms with Crippen LogP contribution in [0.3, 0.4) is 0 Å². The molecule has 6 heteroatoms. The van der Waals surface area contributed by atoms with Crippen molar-refractivity contribution in [3.63, 3.8) is 0 Å². The fourth-order valence-corrected chi connectivity index (χ4v) is 4.30. The minimum Gasteiger partial charge on any atom is -0.364 e. The van der Waals surface area contributed by atoms with Gasteiger partial charge in [0.1, 0.15) is 0 Å². The van der Waals surface area contributed by atoms with Gasteiger partial charge in [-0.25, -0.2) is 8.42 Å². The number of rotatable bonds is 0. The summed E-state index contributed by atoms with van der Waals surface area (Å²) in [4.78, 5) is 13.9. The van der Waals surface area contributed by atoms with Crippen LogP contribution in [0.25, 0.3) is 0 Å². The zero-order valence-electron chi connectivity index (χ0n) is 10.7. The molecule has 2 aliphatic rings. The van der Waals surface area contributed by atoms with E-state index in [0.29, 0.717) is 6.54 Å². The Hall–Kier alpha value is -1.56. The van der Waals surface area contributed by atoms with Gasteiger partial charge in [0.25, 0.3) is 0 Å². The van der Waals surface area contributed by atoms with Crippen LogP contribution in [0.1, 0.15) is 12.0 Å². The summed E-state index contributed by atoms with van der Waals surface area (Å²) in [5, 5.41) is 2.86. The molecule has 1 N–H and O–H groups in total. The van der Waals surface area contributed by atoms with Gasteiger partial charge in [-0.1, -0.05) is 6.07 Å². The highest BCUT2D eigenvalue weighted by atomic mass is 32.2. The van der Waals surface area contributed by atoms with E-state index in [1.54, 1.807) is 0 Å². The second-order valence-corrected chi connectivity index (χ2v) is 7.46. The molecule has 1 aromatic carbocycles. The zero-order chi connectivity index (χ0) is 13.6. The Labute approximate surface area is 112 Å². The van der Waals surface area contributed by atoms with E-state index in [-0.39, 0.29) is 29.9 Å². The Morgan fingerprint density at radius 2 is 2.16 bits per heavy atom. The lowest BCUT2D eigenvalue weighted by atomic mass is 10.1. The van der Waals surface area contributed by atoms with Gasteiger partial charge in [0.2, 0.25) is 5.91 Å². The summed E-state index contributed by atoms with van der Waals surface area (Å²) in [5.41, 5.74) is 2.81. The van der Waals surface area contributed by atoms with Gasteiger partial charge in [-0.3, -0.25) is 4.79 Å². The topological polar surface area (TPSA) is 66.5 Å². The van der Waals surface area contributed by atoms with Crippen LogP contribution >= 0.6 is 0 Å². The molecule has 1 amide bonds. The van der Waals surface area contributed by atoms with E-state index in [2.05, 4.69) is 10.2 Å². The molecule has 1 unspecified atom stereocenters. The normalized spacial score (nSPS) is 25.0. The number of aryl methyl sites for hydroxylation is 1. The summed E-state index contributed by atoms with van der Waals surface area (Å²) < 4.78 is 23.5. The fourth-order valence-electron chi connectivity index (χ4n) is 2.77. The van der Waals surface area contributed by atoms with Crippen molar-refractivity contribution in [2.75, 3.05) is 28.3 Å². The van der Waals surface area contributed by atoms with Gasteiger partial charge in [-0.15, -0.1) is 0 Å². The second kappa shape index (κ2) is 4.23. The van der Waals surface area contributed by atoms with Gasteiger partial charge in [0, 0.05) is 13.0 Å². The average molecular weight is 280 g/mol. The lowest BCUT2D eigenvalue weighted by Gasteiger charge is -2.36. The van der Waals surface area contributed by atoms with E-state index >= 15 is 0 Å². The second-order valence-electron chi connectivity index (χ2n) is 5.23. The summed E-state index contributed by atoms with van der Waals surface area (Å²) in [6, 6.07) is 5.59. The van der Waals surface area contributed by atoms with E-state index < -0.39 is 9.84 Å². The van der Waals surface area contributed by atoms with E-state index in [4.69, 9.17) is 0 Å². The number of hydrogen-bond donors (Lipinski definition) is 1. The van der Waals surface area contributed by atoms with Crippen LogP contribution in [-0.2, 0) is 14.6 Å². The first-order valence-electron chi connectivity index (χ1n) is 6.32. The highest BCUT2D eigenvalue weighted by molar-refractivity contribution is 7.91. The number of carbonyl (C=O) groups excluding carboxylic acids is 1. The van der Waals surface area contributed by atoms with Crippen molar-refractivity contribution in [2.24, 2.45) is 0 Å². The molecular weight excluding hydrogens is 264 g/mol. The Balaban J connectivity index is 2.07. The minimum absolute atomic E-state index is 0.0633. The summed E-state index contributed by atoms with van der Waals surface area (Å²) in [6.45, 7) is 2.45. The Kier molecular flexibility index (Phi) is 2.78. The average Bonchev–Trinajstić information content (AvgIpc) is 2.43. The van der Waals surface area contributed by atoms with E-state index in [1.807, 2.05) is 25.1 Å². The SMILES string of the molecule is Cc1ccc2c(c1)N1CCS(=O)(=O)CC1CC(=O)N2. The molecule has 102 valence electrons. The maximum atomic E-state index is 11.9. The Morgan fingerprint density at radius 3 is 2.95 bits per heavy atom. The van der Waals surface area contributed by atoms with Crippen molar-refractivity contribution in [1.82, 2.24) is 0 Å². The zero-order valence-corrected chi connectivity index (χ0v) is 11.5. The summed E-state index contributed by atoms with van der Waals surface area (Å²) >= 11 is 0. The van der Waals surface area contributed by atoms with Gasteiger partial charge >= 0.3 is 0 Å². The van der Waals surface area contributed by atoms with Crippen molar-refractivity contribution >= 4 is 27.1 Å². The van der Waals surface area contributed by atoms with E-state index in [0.717, 1.165) is 16.9 Å². The molecule has 3 rings (SSSR count). The van der Waals surface area contributed by atoms with Crippen LogP contribution in [0.2, 0.25) is 0 Å². The maximum Gasteiger partial charge on any atom is 0.226 e. The Morgan fingerprint density at radius 1 is 1.37 bits per heavy atom. The highest BCUT2D eigenvalue weighted by Crippen LogP contribution is 2.34. The predicted molar refractivity (Wildman–Crippen MR) is 74.2 cm³/mol. The lowest BCUT2D eigenvalue weighted by molar-refractivity contribution is -0.116. The number of nitrogens with one attached hydrogen (secondary N) is 1. The van der Waals surface area contributed by atoms with Crippen LogP contribution in [0.15, 0.2) is 18.2 Å². The van der Waals surface area contributed by atoms with Crippen LogP contribution in [0.5, 0.6) is 0 Å². The fraction of sp³-hybridized carbons (Fsp3) is 0.462. The smallest absolute Gasteiger partial charge is 0.226 e. The molecule has 19 heavy (non-hydrogen) atoms. The Bertz CT molecular complexity index is 639. The standard InChI is InChI=1S/C13H16N2O3S/c1-9-2-3-11-12(6-9)15-4-5-19(17,18)8-10(15)7-13(16)14-11/h2-3,6,10H,4-5,7-8H2,1H3,(H,14,16). The number of nitrogens with zero attached hydrogens (tertiary/aromatic N) is 1. The van der Waals surface area contributed by atoms with Gasteiger partial charge in [-0.2, -0.15) is 0 Å². The van der Waals surface area contributed by atoms with E-state index in [1.165, 1.54) is 0 Å². The van der Waals surface area contributed by atoms with Crippen molar-refractivity contribution in [2.45, 2.75) is 19.4 Å². The number of sulfone groups is 1. The molecule has 1 atom stereocenters. The highest BCUT2D eigenvalue weighted by Gasteiger charge is 2.35. The van der Waals surface area contributed by atoms with Crippen molar-refractivity contribution < 1.29 is 13.2 Å². The molecule has 1 aromatic rings. The number of benzene rings is 1. The first-order valence-corrected chi connectivity index (χ1v) is 8.14. The minimum atomic E-state index is -3.03. The molecule has 0 aromatic heterocycles. The van der Waals surface area contributed by atoms with Crippen LogP contribution < -0.4 is 10.2 Å². The molecule has 5 nitrogen and oxygen atoms in total. The molecule has 0 spiro atoms. The van der Waals surface area contributed by atoms with Crippen LogP contribution in [-0.4, -0.2) is 38.4 Å². The van der Waals surface area contributed by atoms with Gasteiger partial charge in [-0.05, 0) is 24.6 Å². The number of carbonyl (C=O) groups is 1. The molecular formula is C13H16N2O3S. The molecule has 1 fully saturated rings. The quantitative estimate of drug-likeness (QED) is 0.768. The molecule has 1 saturated heterocycles. The molecule has 0 bridgehead atoms. The summed E-state index contributed by atoms with van der Waals surface area (Å²) in [5.74, 6) is 0.105. The third-order valence-electron chi connectivity index (χ3n) is 3.69. The van der Waals surface area contributed by atoms with Gasteiger partial charge < -0.3 is 10.2 Å². The number of hydrogen-bond acceptors (Lipinski definition) is 4. The van der Waals surface area contributed by atoms with Gasteiger partial charge in [0.05, 0.1) is 28.9 Å². The lowest BCUT2D eigenvalue weighted by Crippen LogP contribution is -2.48. The molecule has 0 aliphatic carbocycles. The number of anilines is 2. The first-order chi connectivity index (χ1) is 8.94. The van der Waals surface area contributed by atoms with Crippen molar-refractivity contribution in [1.29, 1.82) is 0 Å². The largest absolute Gasteiger partial charge is 0.364 e. The monoisotopic (exact) mass is 280 g/mol. The van der Waals surface area contributed by atoms with Crippen LogP contribution in [0, 0.1) is 6.92 Å². The number of amides is 1. The predicted octanol–water partition coefficient (Wildman–Crippen LogP) is 0.941. The van der Waals surface area contributed by atoms with Crippen molar-refractivity contribution in [3.8, 4) is 0 Å². The maximum absolute atomic E-state index is 11.9.